The highest BCUT2D eigenvalue weighted by atomic mass is 16.5. The molecule has 5 N–H and O–H groups in total. The lowest BCUT2D eigenvalue weighted by Gasteiger charge is -2.08. The number of amides is 1. The van der Waals surface area contributed by atoms with Crippen molar-refractivity contribution >= 4 is 11.9 Å². The molecule has 1 atom stereocenters. The van der Waals surface area contributed by atoms with E-state index >= 15 is 0 Å². The third-order valence-corrected chi connectivity index (χ3v) is 1.23. The van der Waals surface area contributed by atoms with Gasteiger partial charge in [-0.2, -0.15) is 0 Å². The molecule has 1 unspecified atom stereocenters. The average molecular weight is 263 g/mol. The zero-order valence-electron chi connectivity index (χ0n) is 12.4. The van der Waals surface area contributed by atoms with Crippen molar-refractivity contribution in [3.63, 3.8) is 0 Å². The Morgan fingerprint density at radius 2 is 1.61 bits per heavy atom. The van der Waals surface area contributed by atoms with Crippen molar-refractivity contribution in [2.75, 3.05) is 20.2 Å². The maximum absolute atomic E-state index is 10.9. The van der Waals surface area contributed by atoms with Gasteiger partial charge in [-0.05, 0) is 5.92 Å². The first kappa shape index (κ1) is 22.1. The van der Waals surface area contributed by atoms with Gasteiger partial charge in [-0.3, -0.25) is 9.59 Å². The number of methoxy groups -OCH3 is 1. The summed E-state index contributed by atoms with van der Waals surface area (Å²) in [6.45, 7) is 10.4. The molecule has 0 aliphatic carbocycles. The van der Waals surface area contributed by atoms with Gasteiger partial charge in [0.05, 0.1) is 13.2 Å². The maximum Gasteiger partial charge on any atom is 0.325 e. The summed E-state index contributed by atoms with van der Waals surface area (Å²) < 4.78 is 4.29. The molecule has 0 heterocycles. The van der Waals surface area contributed by atoms with E-state index in [1.807, 2.05) is 13.8 Å². The van der Waals surface area contributed by atoms with E-state index in [2.05, 4.69) is 30.8 Å². The quantitative estimate of drug-likeness (QED) is 0.630. The second-order valence-electron chi connectivity index (χ2n) is 3.87. The van der Waals surface area contributed by atoms with E-state index in [1.165, 1.54) is 7.11 Å². The van der Waals surface area contributed by atoms with E-state index in [1.54, 1.807) is 0 Å². The number of hydrogen-bond donors (Lipinski definition) is 3. The Kier molecular flexibility index (Phi) is 19.5. The number of carbonyl (C=O) groups is 2. The van der Waals surface area contributed by atoms with Gasteiger partial charge in [0.2, 0.25) is 5.91 Å². The Labute approximate surface area is 110 Å². The van der Waals surface area contributed by atoms with Gasteiger partial charge < -0.3 is 21.5 Å². The number of nitrogens with one attached hydrogen (secondary N) is 1. The maximum atomic E-state index is 10.9. The van der Waals surface area contributed by atoms with Crippen LogP contribution in [-0.4, -0.2) is 38.1 Å². The van der Waals surface area contributed by atoms with Gasteiger partial charge in [0.1, 0.15) is 6.54 Å². The molecular formula is C12H29N3O3. The summed E-state index contributed by atoms with van der Waals surface area (Å²) in [7, 11) is 1.23. The van der Waals surface area contributed by atoms with Gasteiger partial charge in [-0.15, -0.1) is 0 Å². The molecule has 18 heavy (non-hydrogen) atoms. The van der Waals surface area contributed by atoms with Crippen LogP contribution in [0.2, 0.25) is 0 Å². The van der Waals surface area contributed by atoms with Gasteiger partial charge >= 0.3 is 5.97 Å². The van der Waals surface area contributed by atoms with E-state index in [4.69, 9.17) is 11.5 Å². The summed E-state index contributed by atoms with van der Waals surface area (Å²) in [6.07, 6.45) is 0. The standard InChI is InChI=1S/C6H13N3O3.C4H10.C2H6/c1-12-5(10)3-9-6(11)4(8)2-7;1-4(2)3;1-2/h4H,2-3,7-8H2,1H3,(H,9,11);4H,1-3H3;1-2H3. The number of esters is 1. The Morgan fingerprint density at radius 3 is 1.89 bits per heavy atom. The topological polar surface area (TPSA) is 107 Å². The van der Waals surface area contributed by atoms with E-state index in [0.717, 1.165) is 5.92 Å². The molecule has 0 aliphatic rings. The van der Waals surface area contributed by atoms with Gasteiger partial charge in [0.15, 0.2) is 0 Å². The van der Waals surface area contributed by atoms with E-state index in [-0.39, 0.29) is 13.1 Å². The minimum atomic E-state index is -0.769. The number of ether oxygens (including phenoxy) is 1. The van der Waals surface area contributed by atoms with Crippen LogP contribution in [0, 0.1) is 5.92 Å². The predicted octanol–water partition coefficient (Wildman–Crippen LogP) is 0.250. The molecule has 0 saturated carbocycles. The van der Waals surface area contributed by atoms with Crippen LogP contribution >= 0.6 is 0 Å². The van der Waals surface area contributed by atoms with Crippen LogP contribution in [0.1, 0.15) is 34.6 Å². The lowest BCUT2D eigenvalue weighted by atomic mass is 10.3. The molecule has 6 heteroatoms. The van der Waals surface area contributed by atoms with Gasteiger partial charge in [0, 0.05) is 6.54 Å². The van der Waals surface area contributed by atoms with Crippen LogP contribution < -0.4 is 16.8 Å². The number of rotatable bonds is 4. The molecule has 0 aromatic heterocycles. The third kappa shape index (κ3) is 20.3. The predicted molar refractivity (Wildman–Crippen MR) is 73.9 cm³/mol. The monoisotopic (exact) mass is 263 g/mol. The molecule has 0 saturated heterocycles. The molecule has 0 spiro atoms. The molecule has 0 aliphatic heterocycles. The van der Waals surface area contributed by atoms with E-state index in [9.17, 15) is 9.59 Å². The van der Waals surface area contributed by atoms with Crippen molar-refractivity contribution in [3.8, 4) is 0 Å². The Hall–Kier alpha value is -1.14. The van der Waals surface area contributed by atoms with Gasteiger partial charge in [-0.25, -0.2) is 0 Å². The number of nitrogens with two attached hydrogens (primary N) is 2. The zero-order valence-corrected chi connectivity index (χ0v) is 12.4. The second kappa shape index (κ2) is 15.9. The Bertz CT molecular complexity index is 206. The van der Waals surface area contributed by atoms with Crippen LogP contribution in [0.4, 0.5) is 0 Å². The summed E-state index contributed by atoms with van der Waals surface area (Å²) in [4.78, 5) is 21.4. The minimum Gasteiger partial charge on any atom is -0.468 e. The Morgan fingerprint density at radius 1 is 1.22 bits per heavy atom. The molecule has 0 bridgehead atoms. The number of hydrogen-bond acceptors (Lipinski definition) is 5. The van der Waals surface area contributed by atoms with Crippen LogP contribution in [0.25, 0.3) is 0 Å². The van der Waals surface area contributed by atoms with Crippen LogP contribution in [0.15, 0.2) is 0 Å². The summed E-state index contributed by atoms with van der Waals surface area (Å²) in [6, 6.07) is -0.769. The fourth-order valence-electron chi connectivity index (χ4n) is 0.470. The lowest BCUT2D eigenvalue weighted by Crippen LogP contribution is -2.46. The fourth-order valence-corrected chi connectivity index (χ4v) is 0.470. The first-order valence-corrected chi connectivity index (χ1v) is 6.15. The second-order valence-corrected chi connectivity index (χ2v) is 3.87. The average Bonchev–Trinajstić information content (AvgIpc) is 2.36. The molecule has 110 valence electrons. The highest BCUT2D eigenvalue weighted by Crippen LogP contribution is 1.81. The molecule has 0 fully saturated rings. The highest BCUT2D eigenvalue weighted by molar-refractivity contribution is 5.85. The van der Waals surface area contributed by atoms with Crippen molar-refractivity contribution in [3.05, 3.63) is 0 Å². The summed E-state index contributed by atoms with van der Waals surface area (Å²) in [5.74, 6) is -0.143. The lowest BCUT2D eigenvalue weighted by molar-refractivity contribution is -0.141. The normalized spacial score (nSPS) is 10.3. The summed E-state index contributed by atoms with van der Waals surface area (Å²) in [5, 5.41) is 2.27. The molecule has 0 aromatic carbocycles. The number of carbonyl (C=O) groups excluding carboxylic acids is 2. The van der Waals surface area contributed by atoms with Crippen LogP contribution in [0.5, 0.6) is 0 Å². The van der Waals surface area contributed by atoms with Crippen molar-refractivity contribution in [2.24, 2.45) is 17.4 Å². The van der Waals surface area contributed by atoms with E-state index < -0.39 is 17.9 Å². The molecule has 6 nitrogen and oxygen atoms in total. The highest BCUT2D eigenvalue weighted by Gasteiger charge is 2.11. The third-order valence-electron chi connectivity index (χ3n) is 1.23. The van der Waals surface area contributed by atoms with Crippen molar-refractivity contribution < 1.29 is 14.3 Å². The van der Waals surface area contributed by atoms with Crippen molar-refractivity contribution in [1.29, 1.82) is 0 Å². The summed E-state index contributed by atoms with van der Waals surface area (Å²) >= 11 is 0. The van der Waals surface area contributed by atoms with Crippen LogP contribution in [-0.2, 0) is 14.3 Å². The molecule has 1 amide bonds. The van der Waals surface area contributed by atoms with Crippen molar-refractivity contribution in [1.82, 2.24) is 5.32 Å². The minimum absolute atomic E-state index is 0.0486. The Balaban J connectivity index is -0.000000317. The first-order valence-electron chi connectivity index (χ1n) is 6.15. The van der Waals surface area contributed by atoms with Gasteiger partial charge in [-0.1, -0.05) is 34.6 Å². The molecule has 0 aromatic rings. The molecule has 0 rings (SSSR count). The fraction of sp³-hybridized carbons (Fsp3) is 0.833. The molecular weight excluding hydrogens is 234 g/mol. The van der Waals surface area contributed by atoms with Gasteiger partial charge in [0.25, 0.3) is 0 Å². The van der Waals surface area contributed by atoms with Crippen LogP contribution in [0.3, 0.4) is 0 Å². The largest absolute Gasteiger partial charge is 0.468 e. The summed E-state index contributed by atoms with van der Waals surface area (Å²) in [5.41, 5.74) is 10.4. The zero-order chi connectivity index (χ0) is 15.1. The SMILES string of the molecule is CC.CC(C)C.COC(=O)CNC(=O)C(N)CN. The van der Waals surface area contributed by atoms with Crippen molar-refractivity contribution in [2.45, 2.75) is 40.7 Å². The first-order chi connectivity index (χ1) is 8.34. The molecule has 0 radical (unpaired) electrons. The van der Waals surface area contributed by atoms with E-state index in [0.29, 0.717) is 0 Å². The smallest absolute Gasteiger partial charge is 0.325 e.